The Kier molecular flexibility index (Phi) is 5.14. The monoisotopic (exact) mass is 341 g/mol. The summed E-state index contributed by atoms with van der Waals surface area (Å²) in [5.41, 5.74) is 9.42. The lowest BCUT2D eigenvalue weighted by Crippen LogP contribution is -2.00. The van der Waals surface area contributed by atoms with E-state index in [-0.39, 0.29) is 5.02 Å². The molecule has 0 aliphatic rings. The molecule has 0 fully saturated rings. The fourth-order valence-electron chi connectivity index (χ4n) is 2.45. The molecule has 0 bridgehead atoms. The predicted molar refractivity (Wildman–Crippen MR) is 95.5 cm³/mol. The van der Waals surface area contributed by atoms with Gasteiger partial charge in [-0.25, -0.2) is 4.39 Å². The van der Waals surface area contributed by atoms with Gasteiger partial charge < -0.3 is 10.5 Å². The van der Waals surface area contributed by atoms with Gasteiger partial charge in [-0.05, 0) is 34.9 Å². The Hall–Kier alpha value is -2.36. The van der Waals surface area contributed by atoms with Crippen LogP contribution in [-0.2, 0) is 13.2 Å². The van der Waals surface area contributed by atoms with Gasteiger partial charge in [0.15, 0.2) is 0 Å². The van der Waals surface area contributed by atoms with Crippen LogP contribution >= 0.6 is 11.6 Å². The summed E-state index contributed by atoms with van der Waals surface area (Å²) in [6.07, 6.45) is 0. The van der Waals surface area contributed by atoms with Gasteiger partial charge in [0.25, 0.3) is 0 Å². The average molecular weight is 342 g/mol. The number of hydrogen-bond donors (Lipinski definition) is 1. The van der Waals surface area contributed by atoms with Crippen molar-refractivity contribution in [2.75, 3.05) is 0 Å². The van der Waals surface area contributed by atoms with Gasteiger partial charge in [0, 0.05) is 12.1 Å². The summed E-state index contributed by atoms with van der Waals surface area (Å²) in [6.45, 7) is 0.864. The Morgan fingerprint density at radius 3 is 2.42 bits per heavy atom. The second-order valence-electron chi connectivity index (χ2n) is 5.44. The third kappa shape index (κ3) is 3.75. The molecule has 122 valence electrons. The number of hydrogen-bond acceptors (Lipinski definition) is 2. The van der Waals surface area contributed by atoms with Gasteiger partial charge >= 0.3 is 0 Å². The van der Waals surface area contributed by atoms with Crippen LogP contribution in [0.25, 0.3) is 11.1 Å². The first kappa shape index (κ1) is 16.5. The van der Waals surface area contributed by atoms with Crippen LogP contribution in [-0.4, -0.2) is 0 Å². The number of halogens is 2. The summed E-state index contributed by atoms with van der Waals surface area (Å²) in [5.74, 6) is 0.259. The van der Waals surface area contributed by atoms with Crippen LogP contribution in [0.3, 0.4) is 0 Å². The van der Waals surface area contributed by atoms with E-state index in [4.69, 9.17) is 22.1 Å². The summed E-state index contributed by atoms with van der Waals surface area (Å²) >= 11 is 5.91. The summed E-state index contributed by atoms with van der Waals surface area (Å²) < 4.78 is 19.4. The summed E-state index contributed by atoms with van der Waals surface area (Å²) in [6, 6.07) is 20.3. The highest BCUT2D eigenvalue weighted by Gasteiger charge is 2.10. The third-order valence-corrected chi connectivity index (χ3v) is 4.04. The van der Waals surface area contributed by atoms with Crippen molar-refractivity contribution in [3.8, 4) is 16.9 Å². The smallest absolute Gasteiger partial charge is 0.141 e. The SMILES string of the molecule is NCc1ccc(-c2ccc(F)c(Cl)c2)c(OCc2ccccc2)c1. The predicted octanol–water partition coefficient (Wildman–Crippen LogP) is 5.18. The maximum atomic E-state index is 13.4. The number of nitrogens with two attached hydrogens (primary N) is 1. The minimum atomic E-state index is -0.439. The van der Waals surface area contributed by atoms with Crippen LogP contribution in [0.2, 0.25) is 5.02 Å². The first-order valence-corrected chi connectivity index (χ1v) is 8.00. The van der Waals surface area contributed by atoms with Crippen molar-refractivity contribution in [3.05, 3.63) is 88.7 Å². The Bertz CT molecular complexity index is 836. The van der Waals surface area contributed by atoms with Gasteiger partial charge in [-0.2, -0.15) is 0 Å². The molecule has 0 aromatic heterocycles. The molecule has 3 aromatic carbocycles. The fraction of sp³-hybridized carbons (Fsp3) is 0.100. The Balaban J connectivity index is 1.94. The summed E-state index contributed by atoms with van der Waals surface area (Å²) in [4.78, 5) is 0. The van der Waals surface area contributed by atoms with Gasteiger partial charge in [-0.3, -0.25) is 0 Å². The molecule has 0 spiro atoms. The van der Waals surface area contributed by atoms with Crippen molar-refractivity contribution < 1.29 is 9.13 Å². The average Bonchev–Trinajstić information content (AvgIpc) is 2.63. The lowest BCUT2D eigenvalue weighted by molar-refractivity contribution is 0.307. The number of ether oxygens (including phenoxy) is 1. The highest BCUT2D eigenvalue weighted by molar-refractivity contribution is 6.31. The molecule has 0 radical (unpaired) electrons. The van der Waals surface area contributed by atoms with Crippen LogP contribution in [0, 0.1) is 5.82 Å². The Morgan fingerprint density at radius 2 is 1.71 bits per heavy atom. The largest absolute Gasteiger partial charge is 0.488 e. The van der Waals surface area contributed by atoms with Gasteiger partial charge in [0.05, 0.1) is 5.02 Å². The van der Waals surface area contributed by atoms with E-state index in [0.29, 0.717) is 18.9 Å². The molecule has 3 rings (SSSR count). The zero-order valence-corrected chi connectivity index (χ0v) is 13.8. The van der Waals surface area contributed by atoms with Gasteiger partial charge in [-0.15, -0.1) is 0 Å². The molecule has 0 amide bonds. The molecular weight excluding hydrogens is 325 g/mol. The third-order valence-electron chi connectivity index (χ3n) is 3.75. The van der Waals surface area contributed by atoms with Crippen LogP contribution < -0.4 is 10.5 Å². The highest BCUT2D eigenvalue weighted by Crippen LogP contribution is 2.33. The maximum absolute atomic E-state index is 13.4. The highest BCUT2D eigenvalue weighted by atomic mass is 35.5. The van der Waals surface area contributed by atoms with E-state index in [0.717, 1.165) is 22.3 Å². The molecule has 0 atom stereocenters. The molecule has 2 N–H and O–H groups in total. The molecule has 0 unspecified atom stereocenters. The van der Waals surface area contributed by atoms with E-state index in [9.17, 15) is 4.39 Å². The normalized spacial score (nSPS) is 10.6. The van der Waals surface area contributed by atoms with Crippen molar-refractivity contribution in [2.45, 2.75) is 13.2 Å². The van der Waals surface area contributed by atoms with Crippen molar-refractivity contribution in [1.29, 1.82) is 0 Å². The number of rotatable bonds is 5. The Labute approximate surface area is 145 Å². The van der Waals surface area contributed by atoms with Crippen LogP contribution in [0.15, 0.2) is 66.7 Å². The topological polar surface area (TPSA) is 35.2 Å². The number of benzene rings is 3. The van der Waals surface area contributed by atoms with E-state index >= 15 is 0 Å². The van der Waals surface area contributed by atoms with E-state index < -0.39 is 5.82 Å². The lowest BCUT2D eigenvalue weighted by Gasteiger charge is -2.14. The molecule has 0 saturated carbocycles. The maximum Gasteiger partial charge on any atom is 0.141 e. The van der Waals surface area contributed by atoms with Crippen molar-refractivity contribution in [2.24, 2.45) is 5.73 Å². The molecule has 0 saturated heterocycles. The summed E-state index contributed by atoms with van der Waals surface area (Å²) in [5, 5.41) is 0.0874. The van der Waals surface area contributed by atoms with Crippen molar-refractivity contribution in [3.63, 3.8) is 0 Å². The first-order chi connectivity index (χ1) is 11.7. The molecule has 2 nitrogen and oxygen atoms in total. The zero-order valence-electron chi connectivity index (χ0n) is 13.0. The van der Waals surface area contributed by atoms with Gasteiger partial charge in [0.1, 0.15) is 18.2 Å². The molecule has 4 heteroatoms. The van der Waals surface area contributed by atoms with E-state index in [1.54, 1.807) is 12.1 Å². The minimum absolute atomic E-state index is 0.0874. The lowest BCUT2D eigenvalue weighted by atomic mass is 10.0. The molecule has 0 aliphatic heterocycles. The standard InChI is InChI=1S/C20H17ClFNO/c21-18-11-16(7-9-19(18)22)17-8-6-15(12-23)10-20(17)24-13-14-4-2-1-3-5-14/h1-11H,12-13,23H2. The second kappa shape index (κ2) is 7.47. The first-order valence-electron chi connectivity index (χ1n) is 7.62. The van der Waals surface area contributed by atoms with Crippen molar-refractivity contribution in [1.82, 2.24) is 0 Å². The fourth-order valence-corrected chi connectivity index (χ4v) is 2.63. The molecule has 0 heterocycles. The molecule has 3 aromatic rings. The minimum Gasteiger partial charge on any atom is -0.488 e. The quantitative estimate of drug-likeness (QED) is 0.693. The van der Waals surface area contributed by atoms with E-state index in [1.165, 1.54) is 6.07 Å². The van der Waals surface area contributed by atoms with Crippen molar-refractivity contribution >= 4 is 11.6 Å². The molecule has 0 aliphatic carbocycles. The Morgan fingerprint density at radius 1 is 0.917 bits per heavy atom. The van der Waals surface area contributed by atoms with E-state index in [2.05, 4.69) is 0 Å². The molecule has 24 heavy (non-hydrogen) atoms. The van der Waals surface area contributed by atoms with Gasteiger partial charge in [-0.1, -0.05) is 60.1 Å². The molecular formula is C20H17ClFNO. The van der Waals surface area contributed by atoms with Crippen LogP contribution in [0.1, 0.15) is 11.1 Å². The van der Waals surface area contributed by atoms with Gasteiger partial charge in [0.2, 0.25) is 0 Å². The van der Waals surface area contributed by atoms with Crippen LogP contribution in [0.4, 0.5) is 4.39 Å². The van der Waals surface area contributed by atoms with Crippen LogP contribution in [0.5, 0.6) is 5.75 Å². The van der Waals surface area contributed by atoms with E-state index in [1.807, 2.05) is 48.5 Å². The zero-order chi connectivity index (χ0) is 16.9. The summed E-state index contributed by atoms with van der Waals surface area (Å²) in [7, 11) is 0. The second-order valence-corrected chi connectivity index (χ2v) is 5.84.